The number of aromatic hydroxyl groups is 1. The molecule has 0 fully saturated rings. The molecule has 2 unspecified atom stereocenters. The van der Waals surface area contributed by atoms with E-state index in [1.165, 1.54) is 25.1 Å². The van der Waals surface area contributed by atoms with Crippen molar-refractivity contribution in [3.63, 3.8) is 0 Å². The minimum Gasteiger partial charge on any atom is -0.353 e. The van der Waals surface area contributed by atoms with E-state index >= 15 is 0 Å². The van der Waals surface area contributed by atoms with E-state index in [4.69, 9.17) is 8.19 Å². The summed E-state index contributed by atoms with van der Waals surface area (Å²) < 4.78 is 58.5. The fourth-order valence-electron chi connectivity index (χ4n) is 2.39. The van der Waals surface area contributed by atoms with Gasteiger partial charge in [-0.3, -0.25) is 4.79 Å². The molecule has 0 aliphatic carbocycles. The zero-order chi connectivity index (χ0) is 24.3. The third kappa shape index (κ3) is 9.19. The van der Waals surface area contributed by atoms with Gasteiger partial charge < -0.3 is 10.1 Å². The Morgan fingerprint density at radius 3 is 2.25 bits per heavy atom. The van der Waals surface area contributed by atoms with Gasteiger partial charge in [0.05, 0.1) is 0 Å². The second-order valence-electron chi connectivity index (χ2n) is 6.41. The van der Waals surface area contributed by atoms with Gasteiger partial charge in [0.2, 0.25) is 12.5 Å². The molecular weight excluding hydrogens is 493 g/mol. The van der Waals surface area contributed by atoms with Crippen molar-refractivity contribution in [1.29, 1.82) is 0 Å². The second-order valence-corrected chi connectivity index (χ2v) is 9.71. The van der Waals surface area contributed by atoms with Gasteiger partial charge in [-0.15, -0.1) is 0 Å². The van der Waals surface area contributed by atoms with E-state index < -0.39 is 38.5 Å². The van der Waals surface area contributed by atoms with Crippen LogP contribution in [0.1, 0.15) is 12.5 Å². The largest absolute Gasteiger partial charge is 0.353 e. The van der Waals surface area contributed by atoms with Crippen molar-refractivity contribution in [2.24, 2.45) is 0 Å². The predicted molar refractivity (Wildman–Crippen MR) is 113 cm³/mol. The fraction of sp³-hybridized carbons (Fsp3) is 0.300. The number of methoxy groups -OCH3 is 1. The molecule has 2 atom stereocenters. The zero-order valence-corrected chi connectivity index (χ0v) is 19.2. The topological polar surface area (TPSA) is 145 Å². The van der Waals surface area contributed by atoms with E-state index in [0.717, 1.165) is 12.7 Å². The normalized spacial score (nSPS) is 12.7. The standard InChI is InChI=1S/C12H15F2NO2.C8H10AsNO5/c1-17-11(14)10(13)12(16)15-8-7-9-5-3-2-4-6-9;1-5(11)10-8-6(9(13,14)15)3-2-4-7(8)12/h2-6,10-11H,7-8H2,1H3,(H,15,16);2-4,12H,1H3,(H,10,11)(H2,13,14,15). The van der Waals surface area contributed by atoms with Gasteiger partial charge >= 0.3 is 88.1 Å². The number of phenolic OH excluding ortho intramolecular Hbond substituents is 1. The number of hydrogen-bond acceptors (Lipinski definition) is 5. The first-order valence-electron chi connectivity index (χ1n) is 9.25. The molecular formula is C20H25AsF2N2O7. The molecule has 2 aromatic rings. The fourth-order valence-corrected chi connectivity index (χ4v) is 3.94. The first-order chi connectivity index (χ1) is 15.0. The van der Waals surface area contributed by atoms with Crippen LogP contribution >= 0.6 is 0 Å². The number of rotatable bonds is 8. The summed E-state index contributed by atoms with van der Waals surface area (Å²) in [6.45, 7) is 1.45. The molecule has 0 aliphatic heterocycles. The van der Waals surface area contributed by atoms with Crippen LogP contribution in [-0.4, -0.2) is 65.5 Å². The average Bonchev–Trinajstić information content (AvgIpc) is 2.74. The van der Waals surface area contributed by atoms with Crippen LogP contribution in [0, 0.1) is 0 Å². The summed E-state index contributed by atoms with van der Waals surface area (Å²) in [5.74, 6) is -1.87. The van der Waals surface area contributed by atoms with Crippen LogP contribution < -0.4 is 15.0 Å². The van der Waals surface area contributed by atoms with Crippen LogP contribution in [0.5, 0.6) is 5.75 Å². The first-order valence-corrected chi connectivity index (χ1v) is 12.6. The molecule has 176 valence electrons. The third-order valence-corrected chi connectivity index (χ3v) is 6.00. The minimum atomic E-state index is -5.14. The molecule has 0 saturated heterocycles. The number of ether oxygens (including phenoxy) is 1. The van der Waals surface area contributed by atoms with E-state index in [2.05, 4.69) is 15.4 Å². The maximum Gasteiger partial charge on any atom is 0.260 e. The van der Waals surface area contributed by atoms with Gasteiger partial charge in [0.25, 0.3) is 5.91 Å². The predicted octanol–water partition coefficient (Wildman–Crippen LogP) is 0.537. The number of carbonyl (C=O) groups is 2. The summed E-state index contributed by atoms with van der Waals surface area (Å²) in [6.07, 6.45) is -3.93. The summed E-state index contributed by atoms with van der Waals surface area (Å²) in [4.78, 5) is 21.9. The van der Waals surface area contributed by atoms with Gasteiger partial charge in [-0.1, -0.05) is 30.3 Å². The molecule has 0 saturated carbocycles. The molecule has 0 heterocycles. The maximum atomic E-state index is 13.0. The van der Waals surface area contributed by atoms with Gasteiger partial charge in [-0.2, -0.15) is 0 Å². The molecule has 12 heteroatoms. The van der Waals surface area contributed by atoms with Gasteiger partial charge in [0.1, 0.15) is 0 Å². The number of phenols is 1. The summed E-state index contributed by atoms with van der Waals surface area (Å²) in [5, 5.41) is 13.8. The molecule has 0 spiro atoms. The number of para-hydroxylation sites is 1. The van der Waals surface area contributed by atoms with Gasteiger partial charge in [0, 0.05) is 13.7 Å². The Morgan fingerprint density at radius 2 is 1.72 bits per heavy atom. The Hall–Kier alpha value is -2.72. The van der Waals surface area contributed by atoms with E-state index in [0.29, 0.717) is 6.42 Å². The molecule has 5 N–H and O–H groups in total. The number of hydrogen-bond donors (Lipinski definition) is 5. The molecule has 2 amide bonds. The van der Waals surface area contributed by atoms with Gasteiger partial charge in [0.15, 0.2) is 0 Å². The number of alkyl halides is 2. The monoisotopic (exact) mass is 518 g/mol. The summed E-state index contributed by atoms with van der Waals surface area (Å²) in [6, 6.07) is 13.1. The van der Waals surface area contributed by atoms with Crippen molar-refractivity contribution in [3.8, 4) is 5.75 Å². The Morgan fingerprint density at radius 1 is 1.09 bits per heavy atom. The number of carbonyl (C=O) groups excluding carboxylic acids is 2. The maximum absolute atomic E-state index is 13.0. The molecule has 0 aliphatic rings. The molecule has 2 aromatic carbocycles. The van der Waals surface area contributed by atoms with Crippen molar-refractivity contribution >= 4 is 36.0 Å². The molecule has 2 rings (SSSR count). The molecule has 0 aromatic heterocycles. The summed E-state index contributed by atoms with van der Waals surface area (Å²) in [5.41, 5.74) is 0.796. The molecule has 32 heavy (non-hydrogen) atoms. The van der Waals surface area contributed by atoms with Crippen LogP contribution in [0.3, 0.4) is 0 Å². The molecule has 0 bridgehead atoms. The zero-order valence-electron chi connectivity index (χ0n) is 17.4. The second kappa shape index (κ2) is 13.0. The van der Waals surface area contributed by atoms with Gasteiger partial charge in [-0.25, -0.2) is 8.78 Å². The summed E-state index contributed by atoms with van der Waals surface area (Å²) in [7, 11) is 1.01. The SMILES string of the molecule is CC(=O)Nc1c(O)cccc1[As](=O)(O)O.COC(F)C(F)C(=O)NCCc1ccccc1. The number of amides is 2. The van der Waals surface area contributed by atoms with Crippen LogP contribution in [0.2, 0.25) is 0 Å². The average molecular weight is 518 g/mol. The smallest absolute Gasteiger partial charge is 0.260 e. The molecule has 9 nitrogen and oxygen atoms in total. The van der Waals surface area contributed by atoms with Crippen molar-refractivity contribution < 1.29 is 40.1 Å². The van der Waals surface area contributed by atoms with Crippen LogP contribution in [0.4, 0.5) is 14.5 Å². The number of benzene rings is 2. The first kappa shape index (κ1) is 27.3. The number of anilines is 1. The van der Waals surface area contributed by atoms with Gasteiger partial charge in [-0.05, 0) is 12.0 Å². The van der Waals surface area contributed by atoms with Crippen LogP contribution in [0.25, 0.3) is 0 Å². The third-order valence-electron chi connectivity index (χ3n) is 3.90. The number of halogens is 2. The van der Waals surface area contributed by atoms with Crippen molar-refractivity contribution in [1.82, 2.24) is 5.32 Å². The Kier molecular flexibility index (Phi) is 11.1. The van der Waals surface area contributed by atoms with Crippen LogP contribution in [-0.2, 0) is 24.5 Å². The van der Waals surface area contributed by atoms with E-state index in [-0.39, 0.29) is 22.3 Å². The van der Waals surface area contributed by atoms with Crippen LogP contribution in [0.15, 0.2) is 48.5 Å². The van der Waals surface area contributed by atoms with E-state index in [1.54, 1.807) is 0 Å². The van der Waals surface area contributed by atoms with E-state index in [1.807, 2.05) is 30.3 Å². The number of nitrogens with one attached hydrogen (secondary N) is 2. The Balaban J connectivity index is 0.000000323. The van der Waals surface area contributed by atoms with E-state index in [9.17, 15) is 27.2 Å². The van der Waals surface area contributed by atoms with Crippen molar-refractivity contribution in [3.05, 3.63) is 54.1 Å². The van der Waals surface area contributed by atoms with Crippen molar-refractivity contribution in [2.45, 2.75) is 25.9 Å². The Labute approximate surface area is 186 Å². The summed E-state index contributed by atoms with van der Waals surface area (Å²) >= 11 is -5.14. The minimum absolute atomic E-state index is 0.225. The molecule has 0 radical (unpaired) electrons. The van der Waals surface area contributed by atoms with Crippen molar-refractivity contribution in [2.75, 3.05) is 19.0 Å². The quantitative estimate of drug-likeness (QED) is 0.253. The Bertz CT molecular complexity index is 941.